The molecule has 1 aromatic rings. The van der Waals surface area contributed by atoms with Gasteiger partial charge in [-0.2, -0.15) is 0 Å². The standard InChI is InChI=1S/C12H13F2NO/c13-8-3-9-10-6-15-5-7(10)1-2-16-12(9)11(14)4-8/h3-4,7,10,15H,1-2,5-6H2/t7-,10-/m1/s1. The number of fused-ring (bicyclic) bond motifs is 3. The van der Waals surface area contributed by atoms with E-state index in [1.807, 2.05) is 0 Å². The molecule has 0 bridgehead atoms. The number of ether oxygens (including phenoxy) is 1. The van der Waals surface area contributed by atoms with Gasteiger partial charge in [-0.1, -0.05) is 0 Å². The maximum absolute atomic E-state index is 13.6. The zero-order valence-electron chi connectivity index (χ0n) is 8.80. The lowest BCUT2D eigenvalue weighted by atomic mass is 9.87. The Morgan fingerprint density at radius 2 is 2.12 bits per heavy atom. The van der Waals surface area contributed by atoms with E-state index in [0.717, 1.165) is 25.6 Å². The normalized spacial score (nSPS) is 27.9. The minimum atomic E-state index is -0.581. The Morgan fingerprint density at radius 1 is 1.25 bits per heavy atom. The van der Waals surface area contributed by atoms with Gasteiger partial charge in [0.1, 0.15) is 5.82 Å². The lowest BCUT2D eigenvalue weighted by Crippen LogP contribution is -2.11. The van der Waals surface area contributed by atoms with Gasteiger partial charge in [0.2, 0.25) is 0 Å². The first-order valence-corrected chi connectivity index (χ1v) is 5.58. The fraction of sp³-hybridized carbons (Fsp3) is 0.500. The molecule has 2 aliphatic heterocycles. The van der Waals surface area contributed by atoms with Crippen LogP contribution in [0.4, 0.5) is 8.78 Å². The molecule has 3 rings (SSSR count). The van der Waals surface area contributed by atoms with Gasteiger partial charge in [-0.15, -0.1) is 0 Å². The maximum Gasteiger partial charge on any atom is 0.168 e. The van der Waals surface area contributed by atoms with Crippen LogP contribution in [-0.2, 0) is 0 Å². The summed E-state index contributed by atoms with van der Waals surface area (Å²) in [5.41, 5.74) is 0.685. The van der Waals surface area contributed by atoms with Gasteiger partial charge in [0.05, 0.1) is 6.61 Å². The molecule has 2 atom stereocenters. The van der Waals surface area contributed by atoms with Gasteiger partial charge < -0.3 is 10.1 Å². The van der Waals surface area contributed by atoms with Crippen LogP contribution in [0.2, 0.25) is 0 Å². The average Bonchev–Trinajstić information content (AvgIpc) is 2.62. The van der Waals surface area contributed by atoms with Crippen LogP contribution >= 0.6 is 0 Å². The maximum atomic E-state index is 13.6. The summed E-state index contributed by atoms with van der Waals surface area (Å²) in [5.74, 6) is -0.238. The van der Waals surface area contributed by atoms with E-state index in [-0.39, 0.29) is 11.7 Å². The highest BCUT2D eigenvalue weighted by atomic mass is 19.1. The van der Waals surface area contributed by atoms with Crippen molar-refractivity contribution in [3.05, 3.63) is 29.3 Å². The molecular weight excluding hydrogens is 212 g/mol. The molecule has 1 fully saturated rings. The number of hydrogen-bond acceptors (Lipinski definition) is 2. The number of hydrogen-bond donors (Lipinski definition) is 1. The summed E-state index contributed by atoms with van der Waals surface area (Å²) in [4.78, 5) is 0. The van der Waals surface area contributed by atoms with Crippen LogP contribution in [0.5, 0.6) is 5.75 Å². The molecule has 0 amide bonds. The lowest BCUT2D eigenvalue weighted by molar-refractivity contribution is 0.284. The molecule has 1 saturated heterocycles. The first kappa shape index (κ1) is 10.0. The van der Waals surface area contributed by atoms with E-state index in [0.29, 0.717) is 18.1 Å². The minimum absolute atomic E-state index is 0.183. The molecule has 2 aliphatic rings. The Kier molecular flexibility index (Phi) is 2.32. The van der Waals surface area contributed by atoms with Gasteiger partial charge in [-0.3, -0.25) is 0 Å². The molecule has 16 heavy (non-hydrogen) atoms. The second kappa shape index (κ2) is 3.70. The lowest BCUT2D eigenvalue weighted by Gasteiger charge is -2.16. The second-order valence-corrected chi connectivity index (χ2v) is 4.47. The smallest absolute Gasteiger partial charge is 0.168 e. The Labute approximate surface area is 92.6 Å². The van der Waals surface area contributed by atoms with Crippen LogP contribution in [0.15, 0.2) is 12.1 Å². The second-order valence-electron chi connectivity index (χ2n) is 4.47. The molecular formula is C12H13F2NO. The van der Waals surface area contributed by atoms with Crippen molar-refractivity contribution >= 4 is 0 Å². The quantitative estimate of drug-likeness (QED) is 0.729. The van der Waals surface area contributed by atoms with E-state index in [9.17, 15) is 8.78 Å². The Morgan fingerprint density at radius 3 is 3.00 bits per heavy atom. The SMILES string of the molecule is Fc1cc(F)c2c(c1)[C@@H]1CNC[C@H]1CCO2. The van der Waals surface area contributed by atoms with Gasteiger partial charge in [0, 0.05) is 24.1 Å². The summed E-state index contributed by atoms with van der Waals surface area (Å²) in [5, 5.41) is 3.27. The van der Waals surface area contributed by atoms with Crippen LogP contribution in [0, 0.1) is 17.6 Å². The van der Waals surface area contributed by atoms with Crippen molar-refractivity contribution in [2.24, 2.45) is 5.92 Å². The summed E-state index contributed by atoms with van der Waals surface area (Å²) in [6, 6.07) is 2.30. The van der Waals surface area contributed by atoms with Crippen LogP contribution in [0.25, 0.3) is 0 Å². The highest BCUT2D eigenvalue weighted by molar-refractivity contribution is 5.40. The van der Waals surface area contributed by atoms with Crippen molar-refractivity contribution in [3.8, 4) is 5.75 Å². The number of nitrogens with one attached hydrogen (secondary N) is 1. The zero-order valence-corrected chi connectivity index (χ0v) is 8.80. The molecule has 0 radical (unpaired) electrons. The molecule has 2 heterocycles. The van der Waals surface area contributed by atoms with E-state index < -0.39 is 11.6 Å². The number of rotatable bonds is 0. The van der Waals surface area contributed by atoms with E-state index >= 15 is 0 Å². The molecule has 2 nitrogen and oxygen atoms in total. The average molecular weight is 225 g/mol. The molecule has 0 saturated carbocycles. The van der Waals surface area contributed by atoms with E-state index in [4.69, 9.17) is 4.74 Å². The number of benzene rings is 1. The third-order valence-corrected chi connectivity index (χ3v) is 3.51. The number of halogens is 2. The largest absolute Gasteiger partial charge is 0.490 e. The molecule has 4 heteroatoms. The molecule has 0 unspecified atom stereocenters. The molecule has 1 N–H and O–H groups in total. The Hall–Kier alpha value is -1.16. The highest BCUT2D eigenvalue weighted by Crippen LogP contribution is 2.40. The van der Waals surface area contributed by atoms with E-state index in [2.05, 4.69) is 5.32 Å². The Balaban J connectivity index is 2.12. The van der Waals surface area contributed by atoms with Crippen molar-refractivity contribution in [1.29, 1.82) is 0 Å². The fourth-order valence-corrected chi connectivity index (χ4v) is 2.72. The summed E-state index contributed by atoms with van der Waals surface area (Å²) >= 11 is 0. The third kappa shape index (κ3) is 1.48. The molecule has 0 aromatic heterocycles. The van der Waals surface area contributed by atoms with Gasteiger partial charge >= 0.3 is 0 Å². The topological polar surface area (TPSA) is 21.3 Å². The van der Waals surface area contributed by atoms with Crippen LogP contribution in [0.1, 0.15) is 17.9 Å². The minimum Gasteiger partial charge on any atom is -0.490 e. The van der Waals surface area contributed by atoms with Crippen molar-refractivity contribution < 1.29 is 13.5 Å². The van der Waals surface area contributed by atoms with Crippen molar-refractivity contribution in [2.75, 3.05) is 19.7 Å². The summed E-state index contributed by atoms with van der Waals surface area (Å²) in [6.07, 6.45) is 0.896. The Bertz CT molecular complexity index is 422. The third-order valence-electron chi connectivity index (χ3n) is 3.51. The zero-order chi connectivity index (χ0) is 11.1. The first-order valence-electron chi connectivity index (χ1n) is 5.58. The van der Waals surface area contributed by atoms with Gasteiger partial charge in [-0.25, -0.2) is 8.78 Å². The fourth-order valence-electron chi connectivity index (χ4n) is 2.72. The van der Waals surface area contributed by atoms with Crippen molar-refractivity contribution in [2.45, 2.75) is 12.3 Å². The van der Waals surface area contributed by atoms with E-state index in [1.54, 1.807) is 0 Å². The predicted octanol–water partition coefficient (Wildman–Crippen LogP) is 2.05. The van der Waals surface area contributed by atoms with Gasteiger partial charge in [-0.05, 0) is 24.9 Å². The van der Waals surface area contributed by atoms with Crippen LogP contribution in [0.3, 0.4) is 0 Å². The van der Waals surface area contributed by atoms with Gasteiger partial charge in [0.15, 0.2) is 11.6 Å². The molecule has 86 valence electrons. The molecule has 0 aliphatic carbocycles. The molecule has 0 spiro atoms. The molecule has 1 aromatic carbocycles. The van der Waals surface area contributed by atoms with Crippen molar-refractivity contribution in [1.82, 2.24) is 5.32 Å². The predicted molar refractivity (Wildman–Crippen MR) is 55.6 cm³/mol. The monoisotopic (exact) mass is 225 g/mol. The van der Waals surface area contributed by atoms with E-state index in [1.165, 1.54) is 6.07 Å². The summed E-state index contributed by atoms with van der Waals surface area (Å²) < 4.78 is 32.2. The summed E-state index contributed by atoms with van der Waals surface area (Å²) in [6.45, 7) is 2.20. The van der Waals surface area contributed by atoms with Crippen LogP contribution in [-0.4, -0.2) is 19.7 Å². The van der Waals surface area contributed by atoms with Crippen LogP contribution < -0.4 is 10.1 Å². The van der Waals surface area contributed by atoms with Gasteiger partial charge in [0.25, 0.3) is 0 Å². The van der Waals surface area contributed by atoms with Crippen molar-refractivity contribution in [3.63, 3.8) is 0 Å². The summed E-state index contributed by atoms with van der Waals surface area (Å²) in [7, 11) is 0. The highest BCUT2D eigenvalue weighted by Gasteiger charge is 2.34. The first-order chi connectivity index (χ1) is 7.75.